The van der Waals surface area contributed by atoms with Gasteiger partial charge in [-0.15, -0.1) is 0 Å². The molecule has 0 unspecified atom stereocenters. The summed E-state index contributed by atoms with van der Waals surface area (Å²) in [5.41, 5.74) is 1.87. The minimum Gasteiger partial charge on any atom is -0.493 e. The third kappa shape index (κ3) is 6.28. The second kappa shape index (κ2) is 9.66. The number of rotatable bonds is 8. The van der Waals surface area contributed by atoms with Crippen LogP contribution in [0.25, 0.3) is 6.08 Å². The van der Waals surface area contributed by atoms with Crippen LogP contribution in [-0.2, 0) is 4.79 Å². The van der Waals surface area contributed by atoms with E-state index in [1.54, 1.807) is 19.3 Å². The van der Waals surface area contributed by atoms with Crippen molar-refractivity contribution in [3.8, 4) is 17.2 Å². The number of ether oxygens (including phenoxy) is 3. The van der Waals surface area contributed by atoms with Crippen LogP contribution in [0.3, 0.4) is 0 Å². The van der Waals surface area contributed by atoms with E-state index in [1.165, 1.54) is 6.08 Å². The Kier molecular flexibility index (Phi) is 7.27. The first kappa shape index (κ1) is 19.6. The van der Waals surface area contributed by atoms with Gasteiger partial charge in [0.1, 0.15) is 5.75 Å². The summed E-state index contributed by atoms with van der Waals surface area (Å²) in [5, 5.41) is 0. The number of aryl methyl sites for hydroxylation is 1. The first-order chi connectivity index (χ1) is 12.5. The number of carbonyl (C=O) groups excluding carboxylic acids is 1. The van der Waals surface area contributed by atoms with E-state index in [9.17, 15) is 4.79 Å². The predicted octanol–water partition coefficient (Wildman–Crippen LogP) is 5.05. The fourth-order valence-electron chi connectivity index (χ4n) is 2.30. The van der Waals surface area contributed by atoms with Crippen molar-refractivity contribution in [1.29, 1.82) is 0 Å². The molecule has 2 aromatic rings. The van der Waals surface area contributed by atoms with Crippen LogP contribution >= 0.6 is 0 Å². The van der Waals surface area contributed by atoms with Crippen molar-refractivity contribution >= 4 is 12.0 Å². The topological polar surface area (TPSA) is 44.8 Å². The third-order valence-electron chi connectivity index (χ3n) is 3.76. The van der Waals surface area contributed by atoms with Crippen molar-refractivity contribution in [3.05, 3.63) is 59.7 Å². The molecule has 0 atom stereocenters. The molecule has 0 saturated carbocycles. The van der Waals surface area contributed by atoms with Gasteiger partial charge in [0, 0.05) is 6.08 Å². The molecular formula is C22H26O4. The highest BCUT2D eigenvalue weighted by Crippen LogP contribution is 2.29. The summed E-state index contributed by atoms with van der Waals surface area (Å²) < 4.78 is 16.4. The van der Waals surface area contributed by atoms with Crippen molar-refractivity contribution in [1.82, 2.24) is 0 Å². The van der Waals surface area contributed by atoms with Crippen LogP contribution in [0, 0.1) is 12.8 Å². The second-order valence-electron chi connectivity index (χ2n) is 6.51. The lowest BCUT2D eigenvalue weighted by Crippen LogP contribution is -2.04. The number of methoxy groups -OCH3 is 1. The highest BCUT2D eigenvalue weighted by molar-refractivity contribution is 5.88. The standard InChI is InChI=1S/C22H26O4/c1-16(2)12-13-25-20-10-8-18(15-21(20)24-4)9-11-22(23)26-19-7-5-6-17(3)14-19/h5-11,14-16H,12-13H2,1-4H3/b11-9+. The first-order valence-electron chi connectivity index (χ1n) is 8.75. The van der Waals surface area contributed by atoms with Gasteiger partial charge in [0.2, 0.25) is 0 Å². The van der Waals surface area contributed by atoms with Gasteiger partial charge >= 0.3 is 5.97 Å². The molecule has 26 heavy (non-hydrogen) atoms. The average molecular weight is 354 g/mol. The maximum absolute atomic E-state index is 12.0. The van der Waals surface area contributed by atoms with Crippen LogP contribution in [0.4, 0.5) is 0 Å². The molecule has 4 heteroatoms. The van der Waals surface area contributed by atoms with Gasteiger partial charge in [0.15, 0.2) is 11.5 Å². The lowest BCUT2D eigenvalue weighted by Gasteiger charge is -2.12. The van der Waals surface area contributed by atoms with E-state index < -0.39 is 5.97 Å². The van der Waals surface area contributed by atoms with Crippen LogP contribution < -0.4 is 14.2 Å². The number of hydrogen-bond acceptors (Lipinski definition) is 4. The zero-order chi connectivity index (χ0) is 18.9. The van der Waals surface area contributed by atoms with Gasteiger partial charge < -0.3 is 14.2 Å². The van der Waals surface area contributed by atoms with Crippen molar-refractivity contribution < 1.29 is 19.0 Å². The number of esters is 1. The van der Waals surface area contributed by atoms with Crippen LogP contribution in [0.15, 0.2) is 48.5 Å². The van der Waals surface area contributed by atoms with Crippen molar-refractivity contribution in [2.75, 3.05) is 13.7 Å². The van der Waals surface area contributed by atoms with Crippen LogP contribution in [-0.4, -0.2) is 19.7 Å². The zero-order valence-corrected chi connectivity index (χ0v) is 15.8. The molecular weight excluding hydrogens is 328 g/mol. The molecule has 0 aliphatic carbocycles. The molecule has 0 spiro atoms. The summed E-state index contributed by atoms with van der Waals surface area (Å²) in [6.07, 6.45) is 4.07. The molecule has 4 nitrogen and oxygen atoms in total. The Morgan fingerprint density at radius 1 is 1.12 bits per heavy atom. The Balaban J connectivity index is 1.99. The highest BCUT2D eigenvalue weighted by atomic mass is 16.5. The molecule has 0 aromatic heterocycles. The fourth-order valence-corrected chi connectivity index (χ4v) is 2.30. The van der Waals surface area contributed by atoms with E-state index in [-0.39, 0.29) is 0 Å². The Morgan fingerprint density at radius 2 is 1.92 bits per heavy atom. The largest absolute Gasteiger partial charge is 0.493 e. The number of benzene rings is 2. The fraction of sp³-hybridized carbons (Fsp3) is 0.318. The molecule has 0 N–H and O–H groups in total. The summed E-state index contributed by atoms with van der Waals surface area (Å²) in [6, 6.07) is 12.9. The van der Waals surface area contributed by atoms with Crippen molar-refractivity contribution in [3.63, 3.8) is 0 Å². The van der Waals surface area contributed by atoms with Gasteiger partial charge in [-0.25, -0.2) is 4.79 Å². The van der Waals surface area contributed by atoms with E-state index in [4.69, 9.17) is 14.2 Å². The van der Waals surface area contributed by atoms with E-state index in [0.29, 0.717) is 29.8 Å². The molecule has 0 radical (unpaired) electrons. The monoisotopic (exact) mass is 354 g/mol. The lowest BCUT2D eigenvalue weighted by atomic mass is 10.1. The molecule has 0 saturated heterocycles. The highest BCUT2D eigenvalue weighted by Gasteiger charge is 2.06. The smallest absolute Gasteiger partial charge is 0.336 e. The molecule has 0 aliphatic rings. The van der Waals surface area contributed by atoms with Gasteiger partial charge in [0.05, 0.1) is 13.7 Å². The van der Waals surface area contributed by atoms with Gasteiger partial charge in [-0.2, -0.15) is 0 Å². The quantitative estimate of drug-likeness (QED) is 0.378. The molecule has 0 aliphatic heterocycles. The minimum atomic E-state index is -0.424. The Bertz CT molecular complexity index is 762. The van der Waals surface area contributed by atoms with Crippen molar-refractivity contribution in [2.24, 2.45) is 5.92 Å². The molecule has 0 bridgehead atoms. The van der Waals surface area contributed by atoms with Gasteiger partial charge in [-0.05, 0) is 60.7 Å². The van der Waals surface area contributed by atoms with Crippen molar-refractivity contribution in [2.45, 2.75) is 27.2 Å². The SMILES string of the molecule is COc1cc(/C=C/C(=O)Oc2cccc(C)c2)ccc1OCCC(C)C. The van der Waals surface area contributed by atoms with Crippen LogP contribution in [0.2, 0.25) is 0 Å². The summed E-state index contributed by atoms with van der Waals surface area (Å²) in [4.78, 5) is 12.0. The second-order valence-corrected chi connectivity index (χ2v) is 6.51. The molecule has 0 fully saturated rings. The van der Waals surface area contributed by atoms with E-state index in [0.717, 1.165) is 17.5 Å². The van der Waals surface area contributed by atoms with Gasteiger partial charge in [-0.3, -0.25) is 0 Å². The molecule has 0 amide bonds. The Hall–Kier alpha value is -2.75. The normalized spacial score (nSPS) is 11.0. The van der Waals surface area contributed by atoms with E-state index >= 15 is 0 Å². The summed E-state index contributed by atoms with van der Waals surface area (Å²) >= 11 is 0. The van der Waals surface area contributed by atoms with Gasteiger partial charge in [0.25, 0.3) is 0 Å². The molecule has 0 heterocycles. The van der Waals surface area contributed by atoms with Crippen LogP contribution in [0.5, 0.6) is 17.2 Å². The average Bonchev–Trinajstić information content (AvgIpc) is 2.60. The third-order valence-corrected chi connectivity index (χ3v) is 3.76. The Morgan fingerprint density at radius 3 is 2.62 bits per heavy atom. The lowest BCUT2D eigenvalue weighted by molar-refractivity contribution is -0.128. The summed E-state index contributed by atoms with van der Waals surface area (Å²) in [5.74, 6) is 2.04. The van der Waals surface area contributed by atoms with Gasteiger partial charge in [-0.1, -0.05) is 32.0 Å². The zero-order valence-electron chi connectivity index (χ0n) is 15.8. The number of carbonyl (C=O) groups is 1. The number of hydrogen-bond donors (Lipinski definition) is 0. The maximum Gasteiger partial charge on any atom is 0.336 e. The molecule has 2 rings (SSSR count). The summed E-state index contributed by atoms with van der Waals surface area (Å²) in [7, 11) is 1.60. The van der Waals surface area contributed by atoms with E-state index in [1.807, 2.05) is 43.3 Å². The van der Waals surface area contributed by atoms with E-state index in [2.05, 4.69) is 13.8 Å². The van der Waals surface area contributed by atoms with Crippen LogP contribution in [0.1, 0.15) is 31.4 Å². The maximum atomic E-state index is 12.0. The molecule has 138 valence electrons. The first-order valence-corrected chi connectivity index (χ1v) is 8.75. The minimum absolute atomic E-state index is 0.424. The summed E-state index contributed by atoms with van der Waals surface area (Å²) in [6.45, 7) is 6.91. The Labute approximate surface area is 155 Å². The molecule has 2 aromatic carbocycles. The predicted molar refractivity (Wildman–Crippen MR) is 104 cm³/mol.